The SMILES string of the molecule is CC(C)=CC[C@@H](NC(=O)c1ccncc1)C(N)=O. The van der Waals surface area contributed by atoms with Gasteiger partial charge in [0.15, 0.2) is 0 Å². The smallest absolute Gasteiger partial charge is 0.252 e. The Labute approximate surface area is 106 Å². The van der Waals surface area contributed by atoms with Crippen LogP contribution in [0.25, 0.3) is 0 Å². The first-order valence-electron chi connectivity index (χ1n) is 5.64. The van der Waals surface area contributed by atoms with E-state index in [4.69, 9.17) is 5.73 Å². The lowest BCUT2D eigenvalue weighted by atomic mass is 10.1. The van der Waals surface area contributed by atoms with Crippen molar-refractivity contribution < 1.29 is 9.59 Å². The van der Waals surface area contributed by atoms with E-state index in [-0.39, 0.29) is 5.91 Å². The highest BCUT2D eigenvalue weighted by Gasteiger charge is 2.17. The van der Waals surface area contributed by atoms with Crippen LogP contribution in [0.3, 0.4) is 0 Å². The Balaban J connectivity index is 2.70. The van der Waals surface area contributed by atoms with Crippen molar-refractivity contribution in [3.8, 4) is 0 Å². The van der Waals surface area contributed by atoms with Crippen molar-refractivity contribution in [1.29, 1.82) is 0 Å². The number of hydrogen-bond donors (Lipinski definition) is 2. The molecule has 0 fully saturated rings. The van der Waals surface area contributed by atoms with Gasteiger partial charge in [-0.2, -0.15) is 0 Å². The molecule has 5 nitrogen and oxygen atoms in total. The van der Waals surface area contributed by atoms with Crippen LogP contribution in [-0.4, -0.2) is 22.8 Å². The van der Waals surface area contributed by atoms with E-state index in [1.807, 2.05) is 19.9 Å². The number of primary amides is 1. The number of carbonyl (C=O) groups is 2. The zero-order valence-corrected chi connectivity index (χ0v) is 10.5. The molecule has 5 heteroatoms. The lowest BCUT2D eigenvalue weighted by Gasteiger charge is -2.13. The minimum atomic E-state index is -0.694. The standard InChI is InChI=1S/C13H17N3O2/c1-9(2)3-4-11(12(14)17)16-13(18)10-5-7-15-8-6-10/h3,5-8,11H,4H2,1-2H3,(H2,14,17)(H,16,18)/t11-/m1/s1. The first-order valence-corrected chi connectivity index (χ1v) is 5.64. The van der Waals surface area contributed by atoms with E-state index in [1.165, 1.54) is 12.4 Å². The summed E-state index contributed by atoms with van der Waals surface area (Å²) in [5.74, 6) is -0.877. The molecule has 2 amide bonds. The summed E-state index contributed by atoms with van der Waals surface area (Å²) in [4.78, 5) is 26.9. The van der Waals surface area contributed by atoms with Crippen LogP contribution in [0.5, 0.6) is 0 Å². The number of nitrogens with zero attached hydrogens (tertiary/aromatic N) is 1. The van der Waals surface area contributed by atoms with E-state index in [0.717, 1.165) is 5.57 Å². The molecule has 0 bridgehead atoms. The fourth-order valence-electron chi connectivity index (χ4n) is 1.34. The van der Waals surface area contributed by atoms with Crippen LogP contribution < -0.4 is 11.1 Å². The summed E-state index contributed by atoms with van der Waals surface area (Å²) in [6.07, 6.45) is 5.30. The van der Waals surface area contributed by atoms with Gasteiger partial charge in [-0.25, -0.2) is 0 Å². The molecule has 0 saturated heterocycles. The number of allylic oxidation sites excluding steroid dienone is 1. The normalized spacial score (nSPS) is 11.4. The highest BCUT2D eigenvalue weighted by molar-refractivity contribution is 5.97. The third kappa shape index (κ3) is 4.37. The Bertz CT molecular complexity index is 451. The highest BCUT2D eigenvalue weighted by Crippen LogP contribution is 2.01. The Hall–Kier alpha value is -2.17. The largest absolute Gasteiger partial charge is 0.368 e. The van der Waals surface area contributed by atoms with Crippen molar-refractivity contribution in [2.45, 2.75) is 26.3 Å². The van der Waals surface area contributed by atoms with Gasteiger partial charge in [-0.15, -0.1) is 0 Å². The van der Waals surface area contributed by atoms with Crippen LogP contribution >= 0.6 is 0 Å². The maximum Gasteiger partial charge on any atom is 0.252 e. The fraction of sp³-hybridized carbons (Fsp3) is 0.308. The molecule has 0 aliphatic heterocycles. The molecule has 0 aromatic carbocycles. The zero-order valence-electron chi connectivity index (χ0n) is 10.5. The molecular formula is C13H17N3O2. The minimum absolute atomic E-state index is 0.330. The average Bonchev–Trinajstić information content (AvgIpc) is 2.34. The number of aromatic nitrogens is 1. The van der Waals surface area contributed by atoms with Crippen LogP contribution in [0.1, 0.15) is 30.6 Å². The van der Waals surface area contributed by atoms with Gasteiger partial charge in [-0.3, -0.25) is 14.6 Å². The van der Waals surface area contributed by atoms with Crippen LogP contribution in [0, 0.1) is 0 Å². The molecule has 1 aromatic rings. The van der Waals surface area contributed by atoms with Crippen molar-refractivity contribution in [3.05, 3.63) is 41.7 Å². The number of amides is 2. The predicted molar refractivity (Wildman–Crippen MR) is 68.7 cm³/mol. The van der Waals surface area contributed by atoms with Crippen LogP contribution in [0.15, 0.2) is 36.2 Å². The molecule has 0 radical (unpaired) electrons. The summed E-state index contributed by atoms with van der Waals surface area (Å²) in [6, 6.07) is 2.46. The van der Waals surface area contributed by atoms with Crippen molar-refractivity contribution in [2.24, 2.45) is 5.73 Å². The number of nitrogens with two attached hydrogens (primary N) is 1. The summed E-state index contributed by atoms with van der Waals surface area (Å²) in [6.45, 7) is 3.84. The topological polar surface area (TPSA) is 85.1 Å². The van der Waals surface area contributed by atoms with Crippen molar-refractivity contribution >= 4 is 11.8 Å². The number of nitrogens with one attached hydrogen (secondary N) is 1. The van der Waals surface area contributed by atoms with Gasteiger partial charge in [-0.1, -0.05) is 11.6 Å². The van der Waals surface area contributed by atoms with E-state index < -0.39 is 11.9 Å². The Morgan fingerprint density at radius 2 is 2.00 bits per heavy atom. The maximum atomic E-state index is 11.8. The molecule has 1 heterocycles. The van der Waals surface area contributed by atoms with Gasteiger partial charge >= 0.3 is 0 Å². The van der Waals surface area contributed by atoms with Crippen molar-refractivity contribution in [2.75, 3.05) is 0 Å². The van der Waals surface area contributed by atoms with Crippen LogP contribution in [-0.2, 0) is 4.79 Å². The number of hydrogen-bond acceptors (Lipinski definition) is 3. The second-order valence-corrected chi connectivity index (χ2v) is 4.18. The number of rotatable bonds is 5. The molecule has 18 heavy (non-hydrogen) atoms. The summed E-state index contributed by atoms with van der Waals surface area (Å²) >= 11 is 0. The predicted octanol–water partition coefficient (Wildman–Crippen LogP) is 1.02. The fourth-order valence-corrected chi connectivity index (χ4v) is 1.34. The molecule has 0 aliphatic rings. The second kappa shape index (κ2) is 6.54. The van der Waals surface area contributed by atoms with Crippen LogP contribution in [0.2, 0.25) is 0 Å². The Morgan fingerprint density at radius 1 is 1.39 bits per heavy atom. The molecule has 1 atom stereocenters. The zero-order chi connectivity index (χ0) is 13.5. The quantitative estimate of drug-likeness (QED) is 0.762. The first kappa shape index (κ1) is 13.9. The summed E-state index contributed by atoms with van der Waals surface area (Å²) in [5.41, 5.74) is 6.78. The van der Waals surface area contributed by atoms with Gasteiger partial charge in [0.05, 0.1) is 0 Å². The maximum absolute atomic E-state index is 11.8. The van der Waals surface area contributed by atoms with E-state index in [2.05, 4.69) is 10.3 Å². The number of pyridine rings is 1. The van der Waals surface area contributed by atoms with Crippen molar-refractivity contribution in [1.82, 2.24) is 10.3 Å². The van der Waals surface area contributed by atoms with Crippen LogP contribution in [0.4, 0.5) is 0 Å². The Morgan fingerprint density at radius 3 is 2.50 bits per heavy atom. The van der Waals surface area contributed by atoms with Gasteiger partial charge in [0.1, 0.15) is 6.04 Å². The summed E-state index contributed by atoms with van der Waals surface area (Å²) in [7, 11) is 0. The monoisotopic (exact) mass is 247 g/mol. The average molecular weight is 247 g/mol. The molecule has 3 N–H and O–H groups in total. The minimum Gasteiger partial charge on any atom is -0.368 e. The first-order chi connectivity index (χ1) is 8.50. The highest BCUT2D eigenvalue weighted by atomic mass is 16.2. The van der Waals surface area contributed by atoms with E-state index in [9.17, 15) is 9.59 Å². The molecular weight excluding hydrogens is 230 g/mol. The second-order valence-electron chi connectivity index (χ2n) is 4.18. The summed E-state index contributed by atoms with van der Waals surface area (Å²) < 4.78 is 0. The van der Waals surface area contributed by atoms with Gasteiger partial charge in [0.2, 0.25) is 5.91 Å². The van der Waals surface area contributed by atoms with E-state index in [0.29, 0.717) is 12.0 Å². The third-order valence-corrected chi connectivity index (χ3v) is 2.35. The van der Waals surface area contributed by atoms with E-state index >= 15 is 0 Å². The molecule has 1 aromatic heterocycles. The van der Waals surface area contributed by atoms with Gasteiger partial charge in [-0.05, 0) is 32.4 Å². The molecule has 96 valence electrons. The lowest BCUT2D eigenvalue weighted by Crippen LogP contribution is -2.44. The molecule has 0 spiro atoms. The lowest BCUT2D eigenvalue weighted by molar-refractivity contribution is -0.119. The Kier molecular flexibility index (Phi) is 5.05. The van der Waals surface area contributed by atoms with Crippen molar-refractivity contribution in [3.63, 3.8) is 0 Å². The van der Waals surface area contributed by atoms with Gasteiger partial charge < -0.3 is 11.1 Å². The molecule has 0 saturated carbocycles. The number of carbonyl (C=O) groups excluding carboxylic acids is 2. The molecule has 1 rings (SSSR count). The summed E-state index contributed by atoms with van der Waals surface area (Å²) in [5, 5.41) is 2.60. The molecule has 0 unspecified atom stereocenters. The van der Waals surface area contributed by atoms with E-state index in [1.54, 1.807) is 12.1 Å². The third-order valence-electron chi connectivity index (χ3n) is 2.35. The van der Waals surface area contributed by atoms with Gasteiger partial charge in [0.25, 0.3) is 5.91 Å². The molecule has 0 aliphatic carbocycles. The van der Waals surface area contributed by atoms with Gasteiger partial charge in [0, 0.05) is 18.0 Å².